The van der Waals surface area contributed by atoms with Crippen molar-refractivity contribution in [2.75, 3.05) is 44.3 Å². The average Bonchev–Trinajstić information content (AvgIpc) is 2.56. The smallest absolute Gasteiger partial charge is 0.407 e. The lowest BCUT2D eigenvalue weighted by atomic mass is 10.1. The first-order chi connectivity index (χ1) is 12.3. The normalized spacial score (nSPS) is 16.2. The van der Waals surface area contributed by atoms with Crippen LogP contribution in [0.1, 0.15) is 33.6 Å². The fourth-order valence-corrected chi connectivity index (χ4v) is 2.78. The minimum absolute atomic E-state index is 0.0164. The van der Waals surface area contributed by atoms with Crippen LogP contribution in [-0.4, -0.2) is 60.9 Å². The molecule has 146 valence electrons. The van der Waals surface area contributed by atoms with Crippen molar-refractivity contribution < 1.29 is 14.3 Å². The number of carbonyl (C=O) groups excluding carboxylic acids is 1. The van der Waals surface area contributed by atoms with Crippen molar-refractivity contribution in [2.45, 2.75) is 45.3 Å². The number of likely N-dealkylation sites (tertiary alicyclic amines) is 1. The molecule has 1 aromatic heterocycles. The van der Waals surface area contributed by atoms with Gasteiger partial charge in [0.25, 0.3) is 0 Å². The van der Waals surface area contributed by atoms with E-state index in [1.165, 1.54) is 0 Å². The van der Waals surface area contributed by atoms with E-state index in [0.29, 0.717) is 17.4 Å². The van der Waals surface area contributed by atoms with Gasteiger partial charge in [0, 0.05) is 37.8 Å². The minimum atomic E-state index is -0.336. The van der Waals surface area contributed by atoms with E-state index < -0.39 is 0 Å². The van der Waals surface area contributed by atoms with E-state index in [1.807, 2.05) is 20.8 Å². The molecule has 1 amide bonds. The highest BCUT2D eigenvalue weighted by Crippen LogP contribution is 2.19. The molecular weight excluding hydrogens is 334 g/mol. The summed E-state index contributed by atoms with van der Waals surface area (Å²) in [4.78, 5) is 18.5. The quantitative estimate of drug-likeness (QED) is 0.709. The largest absolute Gasteiger partial charge is 0.481 e. The molecule has 0 radical (unpaired) electrons. The van der Waals surface area contributed by atoms with Crippen molar-refractivity contribution in [1.82, 2.24) is 15.2 Å². The average molecular weight is 365 g/mol. The lowest BCUT2D eigenvalue weighted by Gasteiger charge is -2.32. The minimum Gasteiger partial charge on any atom is -0.481 e. The number of pyridine rings is 1. The van der Waals surface area contributed by atoms with Crippen molar-refractivity contribution in [1.29, 1.82) is 0 Å². The van der Waals surface area contributed by atoms with Crippen LogP contribution in [-0.2, 0) is 4.74 Å². The summed E-state index contributed by atoms with van der Waals surface area (Å²) >= 11 is 0. The number of anilines is 2. The zero-order valence-corrected chi connectivity index (χ0v) is 16.2. The number of hydrogen-bond acceptors (Lipinski definition) is 7. The Kier molecular flexibility index (Phi) is 6.90. The zero-order valence-electron chi connectivity index (χ0n) is 16.2. The third-order valence-electron chi connectivity index (χ3n) is 4.12. The fourth-order valence-electron chi connectivity index (χ4n) is 2.78. The van der Waals surface area contributed by atoms with E-state index >= 15 is 0 Å². The third kappa shape index (κ3) is 6.59. The Morgan fingerprint density at radius 2 is 2.04 bits per heavy atom. The summed E-state index contributed by atoms with van der Waals surface area (Å²) in [6, 6.07) is 3.51. The highest BCUT2D eigenvalue weighted by atomic mass is 16.6. The molecule has 0 spiro atoms. The Balaban J connectivity index is 1.68. The molecule has 0 aliphatic carbocycles. The molecule has 2 rings (SSSR count). The number of hydrogen-bond donors (Lipinski definition) is 3. The number of methoxy groups -OCH3 is 1. The predicted octanol–water partition coefficient (Wildman–Crippen LogP) is 2.07. The number of piperidine rings is 1. The summed E-state index contributed by atoms with van der Waals surface area (Å²) < 4.78 is 10.6. The van der Waals surface area contributed by atoms with Crippen LogP contribution in [0.25, 0.3) is 0 Å². The van der Waals surface area contributed by atoms with Gasteiger partial charge in [0.1, 0.15) is 6.10 Å². The summed E-state index contributed by atoms with van der Waals surface area (Å²) in [6.07, 6.45) is 1.34. The van der Waals surface area contributed by atoms with Gasteiger partial charge in [-0.15, -0.1) is 0 Å². The summed E-state index contributed by atoms with van der Waals surface area (Å²) in [5.74, 6) is 1.18. The first kappa shape index (κ1) is 20.1. The summed E-state index contributed by atoms with van der Waals surface area (Å²) in [6.45, 7) is 9.22. The van der Waals surface area contributed by atoms with Crippen LogP contribution < -0.4 is 21.1 Å². The van der Waals surface area contributed by atoms with Gasteiger partial charge in [0.05, 0.1) is 12.8 Å². The number of nitrogens with two attached hydrogens (primary N) is 1. The van der Waals surface area contributed by atoms with E-state index in [1.54, 1.807) is 19.2 Å². The molecule has 1 aliphatic heterocycles. The molecule has 26 heavy (non-hydrogen) atoms. The number of carbonyl (C=O) groups is 1. The third-order valence-corrected chi connectivity index (χ3v) is 4.12. The van der Waals surface area contributed by atoms with Gasteiger partial charge < -0.3 is 30.7 Å². The predicted molar refractivity (Wildman–Crippen MR) is 103 cm³/mol. The maximum atomic E-state index is 11.8. The van der Waals surface area contributed by atoms with E-state index in [2.05, 4.69) is 20.5 Å². The topological polar surface area (TPSA) is 102 Å². The maximum absolute atomic E-state index is 11.8. The van der Waals surface area contributed by atoms with Gasteiger partial charge in [-0.1, -0.05) is 0 Å². The molecule has 1 saturated heterocycles. The summed E-state index contributed by atoms with van der Waals surface area (Å²) in [5.41, 5.74) is 6.24. The molecule has 0 bridgehead atoms. The standard InChI is InChI=1S/C18H31N5O3/c1-18(2,3)22-17(24)26-13-7-10-23(11-8-13)12-9-20-16-14(19)5-6-15(21-16)25-4/h5-6,13H,7-12,19H2,1-4H3,(H,20,21)(H,22,24). The number of amides is 1. The second kappa shape index (κ2) is 8.93. The van der Waals surface area contributed by atoms with Gasteiger partial charge in [-0.05, 0) is 39.7 Å². The van der Waals surface area contributed by atoms with Crippen LogP contribution in [0.4, 0.5) is 16.3 Å². The van der Waals surface area contributed by atoms with E-state index in [-0.39, 0.29) is 17.7 Å². The van der Waals surface area contributed by atoms with Gasteiger partial charge in [-0.3, -0.25) is 0 Å². The van der Waals surface area contributed by atoms with Gasteiger partial charge in [-0.2, -0.15) is 4.98 Å². The molecule has 1 fully saturated rings. The van der Waals surface area contributed by atoms with Gasteiger partial charge in [0.15, 0.2) is 5.82 Å². The van der Waals surface area contributed by atoms with Gasteiger partial charge in [0.2, 0.25) is 5.88 Å². The summed E-state index contributed by atoms with van der Waals surface area (Å²) in [5, 5.41) is 6.08. The van der Waals surface area contributed by atoms with Crippen molar-refractivity contribution in [2.24, 2.45) is 0 Å². The van der Waals surface area contributed by atoms with Crippen LogP contribution in [0.3, 0.4) is 0 Å². The Hall–Kier alpha value is -2.22. The lowest BCUT2D eigenvalue weighted by molar-refractivity contribution is 0.0482. The van der Waals surface area contributed by atoms with Gasteiger partial charge in [-0.25, -0.2) is 4.79 Å². The molecular formula is C18H31N5O3. The molecule has 0 atom stereocenters. The van der Waals surface area contributed by atoms with Crippen molar-refractivity contribution in [3.63, 3.8) is 0 Å². The Bertz CT molecular complexity index is 595. The second-order valence-corrected chi connectivity index (χ2v) is 7.54. The Labute approximate surface area is 155 Å². The molecule has 0 aromatic carbocycles. The highest BCUT2D eigenvalue weighted by Gasteiger charge is 2.23. The monoisotopic (exact) mass is 365 g/mol. The number of aromatic nitrogens is 1. The second-order valence-electron chi connectivity index (χ2n) is 7.54. The number of rotatable bonds is 6. The Morgan fingerprint density at radius 3 is 2.65 bits per heavy atom. The van der Waals surface area contributed by atoms with Crippen molar-refractivity contribution in [3.05, 3.63) is 12.1 Å². The van der Waals surface area contributed by atoms with Crippen molar-refractivity contribution >= 4 is 17.6 Å². The molecule has 0 saturated carbocycles. The first-order valence-electron chi connectivity index (χ1n) is 9.02. The van der Waals surface area contributed by atoms with E-state index in [0.717, 1.165) is 39.0 Å². The van der Waals surface area contributed by atoms with Crippen LogP contribution in [0.2, 0.25) is 0 Å². The zero-order chi connectivity index (χ0) is 19.2. The first-order valence-corrected chi connectivity index (χ1v) is 9.02. The number of ether oxygens (including phenoxy) is 2. The van der Waals surface area contributed by atoms with Gasteiger partial charge >= 0.3 is 6.09 Å². The molecule has 2 heterocycles. The lowest BCUT2D eigenvalue weighted by Crippen LogP contribution is -2.45. The van der Waals surface area contributed by atoms with E-state index in [4.69, 9.17) is 15.2 Å². The highest BCUT2D eigenvalue weighted by molar-refractivity contribution is 5.68. The van der Waals surface area contributed by atoms with Crippen molar-refractivity contribution in [3.8, 4) is 5.88 Å². The number of nitrogen functional groups attached to an aromatic ring is 1. The number of alkyl carbamates (subject to hydrolysis) is 1. The van der Waals surface area contributed by atoms with Crippen LogP contribution in [0.15, 0.2) is 12.1 Å². The fraction of sp³-hybridized carbons (Fsp3) is 0.667. The molecule has 8 heteroatoms. The van der Waals surface area contributed by atoms with Crippen LogP contribution in [0, 0.1) is 0 Å². The Morgan fingerprint density at radius 1 is 1.35 bits per heavy atom. The van der Waals surface area contributed by atoms with Crippen LogP contribution >= 0.6 is 0 Å². The molecule has 0 unspecified atom stereocenters. The number of nitrogens with one attached hydrogen (secondary N) is 2. The molecule has 1 aliphatic rings. The molecule has 1 aromatic rings. The SMILES string of the molecule is COc1ccc(N)c(NCCN2CCC(OC(=O)NC(C)(C)C)CC2)n1. The number of nitrogens with zero attached hydrogens (tertiary/aromatic N) is 2. The molecule has 8 nitrogen and oxygen atoms in total. The van der Waals surface area contributed by atoms with Crippen LogP contribution in [0.5, 0.6) is 5.88 Å². The molecule has 4 N–H and O–H groups in total. The van der Waals surface area contributed by atoms with E-state index in [9.17, 15) is 4.79 Å². The summed E-state index contributed by atoms with van der Waals surface area (Å²) in [7, 11) is 1.58. The maximum Gasteiger partial charge on any atom is 0.407 e.